The number of benzene rings is 9. The van der Waals surface area contributed by atoms with Crippen LogP contribution in [0, 0.1) is 0 Å². The predicted octanol–water partition coefficient (Wildman–Crippen LogP) is 12.7. The van der Waals surface area contributed by atoms with E-state index in [0.717, 1.165) is 0 Å². The van der Waals surface area contributed by atoms with Gasteiger partial charge in [0.25, 0.3) is 0 Å². The molecule has 0 fully saturated rings. The molecule has 0 radical (unpaired) electrons. The molecule has 47 heavy (non-hydrogen) atoms. The van der Waals surface area contributed by atoms with Crippen LogP contribution in [0.3, 0.4) is 0 Å². The van der Waals surface area contributed by atoms with Crippen molar-refractivity contribution in [3.63, 3.8) is 0 Å². The Morgan fingerprint density at radius 1 is 0.298 bits per heavy atom. The van der Waals surface area contributed by atoms with Crippen molar-refractivity contribution >= 4 is 64.9 Å². The first-order valence-corrected chi connectivity index (χ1v) is 16.3. The molecule has 1 heteroatoms. The van der Waals surface area contributed by atoms with Gasteiger partial charge in [-0.25, -0.2) is 0 Å². The molecule has 0 spiro atoms. The maximum absolute atomic E-state index is 2.46. The quantitative estimate of drug-likeness (QED) is 0.141. The Bertz CT molecular complexity index is 2770. The molecular formula is C46H29N. The normalized spacial score (nSPS) is 11.8. The summed E-state index contributed by atoms with van der Waals surface area (Å²) in [7, 11) is 0. The monoisotopic (exact) mass is 595 g/mol. The van der Waals surface area contributed by atoms with E-state index >= 15 is 0 Å². The summed E-state index contributed by atoms with van der Waals surface area (Å²) in [6.45, 7) is 0. The number of hydrogen-bond acceptors (Lipinski definition) is 0. The zero-order valence-electron chi connectivity index (χ0n) is 25.7. The van der Waals surface area contributed by atoms with E-state index < -0.39 is 0 Å². The van der Waals surface area contributed by atoms with Crippen LogP contribution < -0.4 is 0 Å². The van der Waals surface area contributed by atoms with Gasteiger partial charge < -0.3 is 4.57 Å². The fourth-order valence-corrected chi connectivity index (χ4v) is 8.03. The third kappa shape index (κ3) is 3.78. The predicted molar refractivity (Wildman–Crippen MR) is 202 cm³/mol. The highest BCUT2D eigenvalue weighted by atomic mass is 15.0. The molecule has 10 rings (SSSR count). The van der Waals surface area contributed by atoms with Gasteiger partial charge in [0.05, 0.1) is 11.0 Å². The first-order chi connectivity index (χ1) is 23.4. The molecule has 0 aliphatic heterocycles. The van der Waals surface area contributed by atoms with E-state index in [1.165, 1.54) is 92.8 Å². The van der Waals surface area contributed by atoms with Crippen molar-refractivity contribution in [2.24, 2.45) is 0 Å². The Morgan fingerprint density at radius 2 is 0.787 bits per heavy atom. The topological polar surface area (TPSA) is 4.93 Å². The van der Waals surface area contributed by atoms with Gasteiger partial charge in [0.1, 0.15) is 0 Å². The van der Waals surface area contributed by atoms with Crippen LogP contribution in [0.5, 0.6) is 0 Å². The minimum absolute atomic E-state index is 1.17. The molecule has 0 atom stereocenters. The molecule has 0 bridgehead atoms. The zero-order valence-corrected chi connectivity index (χ0v) is 25.7. The minimum Gasteiger partial charge on any atom is -0.309 e. The molecule has 218 valence electrons. The molecule has 0 aliphatic rings. The minimum atomic E-state index is 1.17. The average molecular weight is 596 g/mol. The number of para-hydroxylation sites is 2. The molecular weight excluding hydrogens is 567 g/mol. The van der Waals surface area contributed by atoms with Crippen LogP contribution in [0.2, 0.25) is 0 Å². The van der Waals surface area contributed by atoms with Crippen molar-refractivity contribution in [3.05, 3.63) is 176 Å². The lowest BCUT2D eigenvalue weighted by molar-refractivity contribution is 1.19. The van der Waals surface area contributed by atoms with E-state index in [1.54, 1.807) is 0 Å². The van der Waals surface area contributed by atoms with Crippen LogP contribution in [0.1, 0.15) is 0 Å². The fraction of sp³-hybridized carbons (Fsp3) is 0. The summed E-state index contributed by atoms with van der Waals surface area (Å²) in [5.74, 6) is 0. The van der Waals surface area contributed by atoms with Gasteiger partial charge in [-0.3, -0.25) is 0 Å². The van der Waals surface area contributed by atoms with Crippen molar-refractivity contribution in [1.29, 1.82) is 0 Å². The van der Waals surface area contributed by atoms with Crippen molar-refractivity contribution in [1.82, 2.24) is 4.57 Å². The van der Waals surface area contributed by atoms with Crippen LogP contribution >= 0.6 is 0 Å². The van der Waals surface area contributed by atoms with E-state index in [0.29, 0.717) is 0 Å². The van der Waals surface area contributed by atoms with Crippen LogP contribution in [0.15, 0.2) is 176 Å². The second-order valence-electron chi connectivity index (χ2n) is 12.4. The van der Waals surface area contributed by atoms with Crippen LogP contribution in [-0.2, 0) is 0 Å². The van der Waals surface area contributed by atoms with Crippen molar-refractivity contribution < 1.29 is 0 Å². The van der Waals surface area contributed by atoms with Gasteiger partial charge in [-0.05, 0) is 84.2 Å². The van der Waals surface area contributed by atoms with E-state index in [2.05, 4.69) is 180 Å². The van der Waals surface area contributed by atoms with Crippen LogP contribution in [-0.4, -0.2) is 4.57 Å². The Hall–Kier alpha value is -6.18. The van der Waals surface area contributed by atoms with Gasteiger partial charge in [-0.2, -0.15) is 0 Å². The van der Waals surface area contributed by atoms with Crippen molar-refractivity contribution in [3.8, 4) is 27.9 Å². The van der Waals surface area contributed by atoms with Gasteiger partial charge in [0, 0.05) is 21.8 Å². The molecule has 0 N–H and O–H groups in total. The SMILES string of the molecule is c1ccc(-c2c3ccccc3c(-c3ccc4c(c3)c3ccccc3c3c5ccccc5n(-c5ccccc5)c43)c3ccccc23)cc1. The summed E-state index contributed by atoms with van der Waals surface area (Å²) in [6, 6.07) is 64.4. The second kappa shape index (κ2) is 10.2. The van der Waals surface area contributed by atoms with E-state index in [-0.39, 0.29) is 0 Å². The molecule has 0 unspecified atom stereocenters. The first kappa shape index (κ1) is 26.1. The number of nitrogens with zero attached hydrogens (tertiary/aromatic N) is 1. The molecule has 1 nitrogen and oxygen atoms in total. The van der Waals surface area contributed by atoms with Crippen molar-refractivity contribution in [2.45, 2.75) is 0 Å². The molecule has 9 aromatic carbocycles. The smallest absolute Gasteiger partial charge is 0.0625 e. The Morgan fingerprint density at radius 3 is 1.43 bits per heavy atom. The highest BCUT2D eigenvalue weighted by Crippen LogP contribution is 2.47. The lowest BCUT2D eigenvalue weighted by atomic mass is 9.85. The van der Waals surface area contributed by atoms with Gasteiger partial charge in [0.15, 0.2) is 0 Å². The Balaban J connectivity index is 1.37. The fourth-order valence-electron chi connectivity index (χ4n) is 8.03. The number of rotatable bonds is 3. The molecule has 0 saturated carbocycles. The van der Waals surface area contributed by atoms with E-state index in [1.807, 2.05) is 0 Å². The summed E-state index contributed by atoms with van der Waals surface area (Å²) >= 11 is 0. The number of fused-ring (bicyclic) bond motifs is 10. The number of hydrogen-bond donors (Lipinski definition) is 0. The van der Waals surface area contributed by atoms with E-state index in [4.69, 9.17) is 0 Å². The third-order valence-electron chi connectivity index (χ3n) is 9.93. The molecule has 0 aliphatic carbocycles. The maximum Gasteiger partial charge on any atom is 0.0625 e. The third-order valence-corrected chi connectivity index (χ3v) is 9.93. The Labute approximate surface area is 272 Å². The first-order valence-electron chi connectivity index (χ1n) is 16.3. The van der Waals surface area contributed by atoms with E-state index in [9.17, 15) is 0 Å². The molecule has 0 amide bonds. The zero-order chi connectivity index (χ0) is 30.9. The highest BCUT2D eigenvalue weighted by molar-refractivity contribution is 6.33. The van der Waals surface area contributed by atoms with Crippen LogP contribution in [0.25, 0.3) is 92.8 Å². The van der Waals surface area contributed by atoms with Gasteiger partial charge in [-0.1, -0.05) is 152 Å². The van der Waals surface area contributed by atoms with Gasteiger partial charge in [-0.15, -0.1) is 0 Å². The molecule has 1 heterocycles. The lowest BCUT2D eigenvalue weighted by Gasteiger charge is -2.18. The summed E-state index contributed by atoms with van der Waals surface area (Å²) in [6.07, 6.45) is 0. The largest absolute Gasteiger partial charge is 0.309 e. The standard InChI is InChI=1S/C46H29N/c1-3-15-30(16-4-1)43-35-21-9-11-23-37(35)44(38-24-12-10-22-36(38)43)31-27-28-39-41(29-31)33-19-7-8-20-34(33)45-40-25-13-14-26-42(40)47(46(39)45)32-17-5-2-6-18-32/h1-29H. The highest BCUT2D eigenvalue weighted by Gasteiger charge is 2.21. The van der Waals surface area contributed by atoms with Gasteiger partial charge >= 0.3 is 0 Å². The molecule has 1 aromatic heterocycles. The van der Waals surface area contributed by atoms with Crippen molar-refractivity contribution in [2.75, 3.05) is 0 Å². The average Bonchev–Trinajstić information content (AvgIpc) is 3.50. The second-order valence-corrected chi connectivity index (χ2v) is 12.4. The molecule has 0 saturated heterocycles. The van der Waals surface area contributed by atoms with Crippen LogP contribution in [0.4, 0.5) is 0 Å². The maximum atomic E-state index is 2.46. The summed E-state index contributed by atoms with van der Waals surface area (Å²) in [5.41, 5.74) is 8.71. The van der Waals surface area contributed by atoms with Gasteiger partial charge in [0.2, 0.25) is 0 Å². The summed E-state index contributed by atoms with van der Waals surface area (Å²) < 4.78 is 2.46. The summed E-state index contributed by atoms with van der Waals surface area (Å²) in [5, 5.41) is 12.8. The number of aromatic nitrogens is 1. The summed E-state index contributed by atoms with van der Waals surface area (Å²) in [4.78, 5) is 0. The molecule has 10 aromatic rings. The lowest BCUT2D eigenvalue weighted by Crippen LogP contribution is -1.95. The Kier molecular flexibility index (Phi) is 5.64.